The summed E-state index contributed by atoms with van der Waals surface area (Å²) in [5.74, 6) is 2.04. The first kappa shape index (κ1) is 27.4. The molecule has 176 valence electrons. The van der Waals surface area contributed by atoms with Crippen molar-refractivity contribution in [2.24, 2.45) is 10.9 Å². The first-order chi connectivity index (χ1) is 14.5. The molecule has 2 rings (SSSR count). The predicted molar refractivity (Wildman–Crippen MR) is 133 cm³/mol. The summed E-state index contributed by atoms with van der Waals surface area (Å²) < 4.78 is 16.3. The number of ether oxygens (including phenoxy) is 3. The van der Waals surface area contributed by atoms with Gasteiger partial charge in [0.2, 0.25) is 0 Å². The molecule has 0 aromatic heterocycles. The van der Waals surface area contributed by atoms with E-state index >= 15 is 0 Å². The summed E-state index contributed by atoms with van der Waals surface area (Å²) in [6, 6.07) is 7.74. The molecule has 1 unspecified atom stereocenters. The lowest BCUT2D eigenvalue weighted by molar-refractivity contribution is -0.130. The Balaban J connectivity index is 0.00000480. The highest BCUT2D eigenvalue weighted by atomic mass is 127. The van der Waals surface area contributed by atoms with Gasteiger partial charge >= 0.3 is 0 Å². The molecule has 0 aliphatic carbocycles. The average molecular weight is 548 g/mol. The molecule has 0 saturated carbocycles. The fourth-order valence-corrected chi connectivity index (χ4v) is 3.15. The number of hydrogen-bond donors (Lipinski definition) is 1. The molecule has 1 saturated heterocycles. The average Bonchev–Trinajstić information content (AvgIpc) is 3.21. The molecule has 1 aliphatic rings. The number of likely N-dealkylation sites (tertiary alicyclic amines) is 1. The van der Waals surface area contributed by atoms with E-state index in [1.54, 1.807) is 21.2 Å². The number of nitrogens with one attached hydrogen (secondary N) is 1. The Morgan fingerprint density at radius 2 is 2.13 bits per heavy atom. The lowest BCUT2D eigenvalue weighted by Crippen LogP contribution is -2.40. The molecular formula is C22H37IN4O4. The van der Waals surface area contributed by atoms with Gasteiger partial charge in [-0.25, -0.2) is 4.99 Å². The molecule has 1 aromatic rings. The third kappa shape index (κ3) is 10.0. The maximum absolute atomic E-state index is 11.7. The topological polar surface area (TPSA) is 75.6 Å². The second kappa shape index (κ2) is 15.3. The highest BCUT2D eigenvalue weighted by Crippen LogP contribution is 2.18. The standard InChI is InChI=1S/C22H36N4O4.HI/c1-5-23-22(26-10-9-19(15-26)16-29-12-11-28-4)24-14-18-7-6-8-20(13-18)30-17-21(27)25(2)3;/h6-8,13,19H,5,9-12,14-17H2,1-4H3,(H,23,24);1H. The Labute approximate surface area is 203 Å². The van der Waals surface area contributed by atoms with Gasteiger partial charge in [0.15, 0.2) is 12.6 Å². The van der Waals surface area contributed by atoms with Gasteiger partial charge in [0.25, 0.3) is 5.91 Å². The van der Waals surface area contributed by atoms with Crippen LogP contribution < -0.4 is 10.1 Å². The Bertz CT molecular complexity index is 687. The van der Waals surface area contributed by atoms with Crippen LogP contribution >= 0.6 is 24.0 Å². The molecule has 1 N–H and O–H groups in total. The maximum atomic E-state index is 11.7. The summed E-state index contributed by atoms with van der Waals surface area (Å²) in [4.78, 5) is 20.3. The Hall–Kier alpha value is -1.59. The number of carbonyl (C=O) groups excluding carboxylic acids is 1. The van der Waals surface area contributed by atoms with E-state index in [9.17, 15) is 4.79 Å². The first-order valence-electron chi connectivity index (χ1n) is 10.5. The minimum atomic E-state index is -0.0670. The van der Waals surface area contributed by atoms with Gasteiger partial charge in [-0.05, 0) is 31.0 Å². The van der Waals surface area contributed by atoms with Crippen molar-refractivity contribution in [1.29, 1.82) is 0 Å². The van der Waals surface area contributed by atoms with E-state index < -0.39 is 0 Å². The van der Waals surface area contributed by atoms with Crippen LogP contribution in [0.2, 0.25) is 0 Å². The van der Waals surface area contributed by atoms with E-state index in [0.717, 1.165) is 44.2 Å². The number of aliphatic imine (C=N–C) groups is 1. The normalized spacial score (nSPS) is 16.1. The number of amides is 1. The number of methoxy groups -OCH3 is 1. The molecule has 1 atom stereocenters. The Kier molecular flexibility index (Phi) is 13.5. The van der Waals surface area contributed by atoms with E-state index in [1.807, 2.05) is 24.3 Å². The molecule has 8 nitrogen and oxygen atoms in total. The van der Waals surface area contributed by atoms with Crippen molar-refractivity contribution in [2.45, 2.75) is 19.9 Å². The molecule has 0 radical (unpaired) electrons. The molecule has 9 heteroatoms. The summed E-state index contributed by atoms with van der Waals surface area (Å²) in [6.07, 6.45) is 1.10. The molecule has 1 fully saturated rings. The van der Waals surface area contributed by atoms with Crippen molar-refractivity contribution < 1.29 is 19.0 Å². The lowest BCUT2D eigenvalue weighted by atomic mass is 10.1. The van der Waals surface area contributed by atoms with Gasteiger partial charge in [-0.3, -0.25) is 4.79 Å². The zero-order valence-electron chi connectivity index (χ0n) is 19.1. The zero-order chi connectivity index (χ0) is 21.8. The molecule has 31 heavy (non-hydrogen) atoms. The lowest BCUT2D eigenvalue weighted by Gasteiger charge is -2.21. The van der Waals surface area contributed by atoms with Gasteiger partial charge in [-0.2, -0.15) is 0 Å². The predicted octanol–water partition coefficient (Wildman–Crippen LogP) is 2.22. The summed E-state index contributed by atoms with van der Waals surface area (Å²) in [5.41, 5.74) is 1.04. The molecule has 0 spiro atoms. The largest absolute Gasteiger partial charge is 0.484 e. The fourth-order valence-electron chi connectivity index (χ4n) is 3.15. The highest BCUT2D eigenvalue weighted by molar-refractivity contribution is 14.0. The van der Waals surface area contributed by atoms with Crippen LogP contribution in [0.5, 0.6) is 5.75 Å². The van der Waals surface area contributed by atoms with Gasteiger partial charge < -0.3 is 29.3 Å². The number of benzene rings is 1. The van der Waals surface area contributed by atoms with Crippen molar-refractivity contribution in [3.8, 4) is 5.75 Å². The SMILES string of the molecule is CCNC(=NCc1cccc(OCC(=O)N(C)C)c1)N1CCC(COCCOC)C1.I. The summed E-state index contributed by atoms with van der Waals surface area (Å²) in [7, 11) is 5.12. The van der Waals surface area contributed by atoms with E-state index in [4.69, 9.17) is 19.2 Å². The van der Waals surface area contributed by atoms with Crippen LogP contribution in [0.1, 0.15) is 18.9 Å². The molecule has 0 bridgehead atoms. The van der Waals surface area contributed by atoms with E-state index in [-0.39, 0.29) is 36.5 Å². The number of guanidine groups is 1. The van der Waals surface area contributed by atoms with Crippen LogP contribution in [0.25, 0.3) is 0 Å². The monoisotopic (exact) mass is 548 g/mol. The molecule has 1 aliphatic heterocycles. The van der Waals surface area contributed by atoms with Crippen LogP contribution in [-0.2, 0) is 20.8 Å². The zero-order valence-corrected chi connectivity index (χ0v) is 21.5. The molecule has 1 heterocycles. The Morgan fingerprint density at radius 3 is 2.84 bits per heavy atom. The van der Waals surface area contributed by atoms with Crippen molar-refractivity contribution >= 4 is 35.8 Å². The van der Waals surface area contributed by atoms with E-state index in [2.05, 4.69) is 17.1 Å². The van der Waals surface area contributed by atoms with E-state index in [0.29, 0.717) is 31.4 Å². The summed E-state index contributed by atoms with van der Waals surface area (Å²) in [5, 5.41) is 3.39. The van der Waals surface area contributed by atoms with Crippen molar-refractivity contribution in [3.05, 3.63) is 29.8 Å². The summed E-state index contributed by atoms with van der Waals surface area (Å²) >= 11 is 0. The third-order valence-electron chi connectivity index (χ3n) is 4.88. The third-order valence-corrected chi connectivity index (χ3v) is 4.88. The number of carbonyl (C=O) groups is 1. The van der Waals surface area contributed by atoms with Crippen LogP contribution in [0, 0.1) is 5.92 Å². The van der Waals surface area contributed by atoms with Crippen molar-refractivity contribution in [2.75, 3.05) is 67.3 Å². The minimum absolute atomic E-state index is 0. The van der Waals surface area contributed by atoms with Crippen LogP contribution in [0.15, 0.2) is 29.3 Å². The fraction of sp³-hybridized carbons (Fsp3) is 0.636. The number of halogens is 1. The van der Waals surface area contributed by atoms with Gasteiger partial charge in [0.1, 0.15) is 5.75 Å². The summed E-state index contributed by atoms with van der Waals surface area (Å²) in [6.45, 7) is 7.41. The van der Waals surface area contributed by atoms with Crippen molar-refractivity contribution in [1.82, 2.24) is 15.1 Å². The van der Waals surface area contributed by atoms with Gasteiger partial charge in [0.05, 0.1) is 26.4 Å². The van der Waals surface area contributed by atoms with Crippen LogP contribution in [0.4, 0.5) is 0 Å². The van der Waals surface area contributed by atoms with E-state index in [1.165, 1.54) is 4.90 Å². The smallest absolute Gasteiger partial charge is 0.259 e. The Morgan fingerprint density at radius 1 is 1.32 bits per heavy atom. The quantitative estimate of drug-likeness (QED) is 0.198. The molecule has 1 amide bonds. The number of rotatable bonds is 11. The number of hydrogen-bond acceptors (Lipinski definition) is 5. The molecule has 1 aromatic carbocycles. The van der Waals surface area contributed by atoms with Gasteiger partial charge in [0, 0.05) is 46.8 Å². The highest BCUT2D eigenvalue weighted by Gasteiger charge is 2.24. The van der Waals surface area contributed by atoms with Gasteiger partial charge in [-0.15, -0.1) is 24.0 Å². The maximum Gasteiger partial charge on any atom is 0.259 e. The van der Waals surface area contributed by atoms with Gasteiger partial charge in [-0.1, -0.05) is 12.1 Å². The van der Waals surface area contributed by atoms with Crippen LogP contribution in [0.3, 0.4) is 0 Å². The minimum Gasteiger partial charge on any atom is -0.484 e. The first-order valence-corrected chi connectivity index (χ1v) is 10.5. The molecular weight excluding hydrogens is 511 g/mol. The second-order valence-corrected chi connectivity index (χ2v) is 7.56. The van der Waals surface area contributed by atoms with Crippen molar-refractivity contribution in [3.63, 3.8) is 0 Å². The number of nitrogens with zero attached hydrogens (tertiary/aromatic N) is 3. The second-order valence-electron chi connectivity index (χ2n) is 7.56. The van der Waals surface area contributed by atoms with Crippen LogP contribution in [-0.4, -0.2) is 88.9 Å². The number of likely N-dealkylation sites (N-methyl/N-ethyl adjacent to an activating group) is 1.